The molecule has 0 spiro atoms. The molecule has 1 amide bonds. The Hall–Kier alpha value is -1.06. The van der Waals surface area contributed by atoms with Crippen LogP contribution in [-0.4, -0.2) is 30.4 Å². The molecule has 1 aliphatic rings. The van der Waals surface area contributed by atoms with E-state index in [1.54, 1.807) is 0 Å². The van der Waals surface area contributed by atoms with Crippen molar-refractivity contribution >= 4 is 23.2 Å². The fourth-order valence-corrected chi connectivity index (χ4v) is 2.94. The summed E-state index contributed by atoms with van der Waals surface area (Å²) < 4.78 is 0. The molecule has 3 nitrogen and oxygen atoms in total. The second-order valence-corrected chi connectivity index (χ2v) is 6.50. The van der Waals surface area contributed by atoms with Gasteiger partial charge >= 0.3 is 0 Å². The summed E-state index contributed by atoms with van der Waals surface area (Å²) in [4.78, 5) is 13.8. The van der Waals surface area contributed by atoms with E-state index in [2.05, 4.69) is 17.1 Å². The fraction of sp³-hybridized carbons (Fsp3) is 0.588. The van der Waals surface area contributed by atoms with Crippen molar-refractivity contribution in [1.82, 2.24) is 4.90 Å². The largest absolute Gasteiger partial charge is 0.326 e. The Morgan fingerprint density at radius 2 is 1.95 bits per heavy atom. The molecule has 0 saturated carbocycles. The van der Waals surface area contributed by atoms with E-state index in [0.29, 0.717) is 6.42 Å². The standard InChI is InChI=1S/C17H25ClN2O/c1-3-17(21)19-15-6-4-14(5-7-15)16(18)12-20-10-8-13(2)9-11-20/h4-7,13,16H,3,8-12H2,1-2H3,(H,19,21). The lowest BCUT2D eigenvalue weighted by molar-refractivity contribution is -0.115. The third-order valence-corrected chi connectivity index (χ3v) is 4.56. The number of amides is 1. The van der Waals surface area contributed by atoms with Crippen LogP contribution in [-0.2, 0) is 4.79 Å². The normalized spacial score (nSPS) is 18.4. The number of rotatable bonds is 5. The summed E-state index contributed by atoms with van der Waals surface area (Å²) >= 11 is 6.53. The van der Waals surface area contributed by atoms with E-state index in [1.165, 1.54) is 12.8 Å². The smallest absolute Gasteiger partial charge is 0.224 e. The van der Waals surface area contributed by atoms with Crippen LogP contribution < -0.4 is 5.32 Å². The Balaban J connectivity index is 1.87. The number of nitrogens with zero attached hydrogens (tertiary/aromatic N) is 1. The second-order valence-electron chi connectivity index (χ2n) is 5.97. The molecule has 1 N–H and O–H groups in total. The van der Waals surface area contributed by atoms with Gasteiger partial charge in [-0.1, -0.05) is 26.0 Å². The van der Waals surface area contributed by atoms with Gasteiger partial charge in [0.05, 0.1) is 5.38 Å². The van der Waals surface area contributed by atoms with Gasteiger partial charge in [-0.15, -0.1) is 11.6 Å². The summed E-state index contributed by atoms with van der Waals surface area (Å²) in [6.45, 7) is 7.36. The van der Waals surface area contributed by atoms with Crippen molar-refractivity contribution in [2.75, 3.05) is 25.0 Å². The Kier molecular flexibility index (Phi) is 6.07. The molecule has 1 fully saturated rings. The molecule has 1 aromatic rings. The number of carbonyl (C=O) groups excluding carboxylic acids is 1. The number of piperidine rings is 1. The zero-order valence-electron chi connectivity index (χ0n) is 12.9. The summed E-state index contributed by atoms with van der Waals surface area (Å²) in [6.07, 6.45) is 3.03. The lowest BCUT2D eigenvalue weighted by Crippen LogP contribution is -2.35. The molecule has 1 aliphatic heterocycles. The lowest BCUT2D eigenvalue weighted by Gasteiger charge is -2.31. The molecular formula is C17H25ClN2O. The molecule has 1 unspecified atom stereocenters. The van der Waals surface area contributed by atoms with Crippen molar-refractivity contribution in [1.29, 1.82) is 0 Å². The molecule has 116 valence electrons. The van der Waals surface area contributed by atoms with Gasteiger partial charge in [0.2, 0.25) is 5.91 Å². The van der Waals surface area contributed by atoms with Crippen LogP contribution >= 0.6 is 11.6 Å². The average Bonchev–Trinajstić information content (AvgIpc) is 2.50. The zero-order chi connectivity index (χ0) is 15.2. The zero-order valence-corrected chi connectivity index (χ0v) is 13.7. The van der Waals surface area contributed by atoms with Gasteiger partial charge in [-0.3, -0.25) is 4.79 Å². The van der Waals surface area contributed by atoms with Crippen LogP contribution in [0.25, 0.3) is 0 Å². The molecule has 0 aliphatic carbocycles. The molecule has 0 bridgehead atoms. The summed E-state index contributed by atoms with van der Waals surface area (Å²) in [5.74, 6) is 0.879. The van der Waals surface area contributed by atoms with Crippen LogP contribution in [0, 0.1) is 5.92 Å². The first-order valence-electron chi connectivity index (χ1n) is 7.84. The molecule has 1 heterocycles. The number of halogens is 1. The van der Waals surface area contributed by atoms with E-state index in [4.69, 9.17) is 11.6 Å². The first-order valence-corrected chi connectivity index (χ1v) is 8.28. The number of carbonyl (C=O) groups is 1. The monoisotopic (exact) mass is 308 g/mol. The highest BCUT2D eigenvalue weighted by Crippen LogP contribution is 2.25. The number of alkyl halides is 1. The van der Waals surface area contributed by atoms with Crippen LogP contribution in [0.5, 0.6) is 0 Å². The second kappa shape index (κ2) is 7.81. The van der Waals surface area contributed by atoms with Crippen molar-refractivity contribution in [2.24, 2.45) is 5.92 Å². The molecular weight excluding hydrogens is 284 g/mol. The maximum Gasteiger partial charge on any atom is 0.224 e. The van der Waals surface area contributed by atoms with Crippen molar-refractivity contribution in [2.45, 2.75) is 38.5 Å². The highest BCUT2D eigenvalue weighted by atomic mass is 35.5. The number of hydrogen-bond acceptors (Lipinski definition) is 2. The molecule has 0 aromatic heterocycles. The van der Waals surface area contributed by atoms with E-state index >= 15 is 0 Å². The molecule has 21 heavy (non-hydrogen) atoms. The Bertz CT molecular complexity index is 452. The van der Waals surface area contributed by atoms with Gasteiger partial charge < -0.3 is 10.2 Å². The Labute approximate surface area is 132 Å². The lowest BCUT2D eigenvalue weighted by atomic mass is 9.99. The quantitative estimate of drug-likeness (QED) is 0.832. The molecule has 0 radical (unpaired) electrons. The van der Waals surface area contributed by atoms with Crippen LogP contribution in [0.15, 0.2) is 24.3 Å². The van der Waals surface area contributed by atoms with E-state index in [9.17, 15) is 4.79 Å². The SMILES string of the molecule is CCC(=O)Nc1ccc(C(Cl)CN2CCC(C)CC2)cc1. The first-order chi connectivity index (χ1) is 10.1. The van der Waals surface area contributed by atoms with Gasteiger partial charge in [0.25, 0.3) is 0 Å². The minimum Gasteiger partial charge on any atom is -0.326 e. The Morgan fingerprint density at radius 3 is 2.52 bits per heavy atom. The van der Waals surface area contributed by atoms with Crippen LogP contribution in [0.1, 0.15) is 44.1 Å². The van der Waals surface area contributed by atoms with Gasteiger partial charge in [0.15, 0.2) is 0 Å². The van der Waals surface area contributed by atoms with Crippen molar-refractivity contribution in [3.63, 3.8) is 0 Å². The number of nitrogens with one attached hydrogen (secondary N) is 1. The number of likely N-dealkylation sites (tertiary alicyclic amines) is 1. The molecule has 4 heteroatoms. The van der Waals surface area contributed by atoms with E-state index < -0.39 is 0 Å². The minimum absolute atomic E-state index is 0.00864. The van der Waals surface area contributed by atoms with Crippen LogP contribution in [0.3, 0.4) is 0 Å². The molecule has 1 aromatic carbocycles. The Morgan fingerprint density at radius 1 is 1.33 bits per heavy atom. The van der Waals surface area contributed by atoms with Gasteiger partial charge in [0, 0.05) is 18.7 Å². The number of hydrogen-bond donors (Lipinski definition) is 1. The van der Waals surface area contributed by atoms with Gasteiger partial charge in [0.1, 0.15) is 0 Å². The van der Waals surface area contributed by atoms with E-state index in [-0.39, 0.29) is 11.3 Å². The van der Waals surface area contributed by atoms with Crippen molar-refractivity contribution in [3.05, 3.63) is 29.8 Å². The van der Waals surface area contributed by atoms with Crippen LogP contribution in [0.4, 0.5) is 5.69 Å². The van der Waals surface area contributed by atoms with E-state index in [1.807, 2.05) is 31.2 Å². The van der Waals surface area contributed by atoms with Gasteiger partial charge in [-0.25, -0.2) is 0 Å². The highest BCUT2D eigenvalue weighted by molar-refractivity contribution is 6.21. The maximum atomic E-state index is 11.3. The fourth-order valence-electron chi connectivity index (χ4n) is 2.60. The van der Waals surface area contributed by atoms with Crippen molar-refractivity contribution in [3.8, 4) is 0 Å². The third kappa shape index (κ3) is 5.01. The summed E-state index contributed by atoms with van der Waals surface area (Å²) in [7, 11) is 0. The highest BCUT2D eigenvalue weighted by Gasteiger charge is 2.19. The summed E-state index contributed by atoms with van der Waals surface area (Å²) in [6, 6.07) is 7.87. The van der Waals surface area contributed by atoms with Gasteiger partial charge in [-0.2, -0.15) is 0 Å². The van der Waals surface area contributed by atoms with Crippen molar-refractivity contribution < 1.29 is 4.79 Å². The average molecular weight is 309 g/mol. The predicted octanol–water partition coefficient (Wildman–Crippen LogP) is 4.05. The summed E-state index contributed by atoms with van der Waals surface area (Å²) in [5, 5.41) is 2.86. The molecule has 2 rings (SSSR count). The molecule has 1 saturated heterocycles. The molecule has 1 atom stereocenters. The third-order valence-electron chi connectivity index (χ3n) is 4.17. The summed E-state index contributed by atoms with van der Waals surface area (Å²) in [5.41, 5.74) is 1.95. The van der Waals surface area contributed by atoms with Crippen LogP contribution in [0.2, 0.25) is 0 Å². The maximum absolute atomic E-state index is 11.3. The van der Waals surface area contributed by atoms with Gasteiger partial charge in [-0.05, 0) is 49.5 Å². The van der Waals surface area contributed by atoms with E-state index in [0.717, 1.165) is 36.8 Å². The predicted molar refractivity (Wildman–Crippen MR) is 88.8 cm³/mol. The number of benzene rings is 1. The topological polar surface area (TPSA) is 32.3 Å². The number of anilines is 1. The first kappa shape index (κ1) is 16.3. The minimum atomic E-state index is 0.00864.